The zero-order chi connectivity index (χ0) is 16.0. The minimum atomic E-state index is -0.0997. The molecule has 3 nitrogen and oxygen atoms in total. The molecule has 3 heteroatoms. The zero-order valence-corrected chi connectivity index (χ0v) is 14.2. The highest BCUT2D eigenvalue weighted by Gasteiger charge is 2.50. The predicted octanol–water partition coefficient (Wildman–Crippen LogP) is 3.99. The van der Waals surface area contributed by atoms with Gasteiger partial charge in [0.1, 0.15) is 5.75 Å². The molecule has 3 aliphatic rings. The number of fused-ring (bicyclic) bond motifs is 4. The summed E-state index contributed by atoms with van der Waals surface area (Å²) >= 11 is 0. The number of rotatable bonds is 1. The first-order valence-corrected chi connectivity index (χ1v) is 9.39. The van der Waals surface area contributed by atoms with Crippen molar-refractivity contribution in [3.63, 3.8) is 0 Å². The molecule has 1 aliphatic carbocycles. The number of hydrogen-bond acceptors (Lipinski definition) is 3. The number of ether oxygens (including phenoxy) is 2. The third kappa shape index (κ3) is 2.18. The monoisotopic (exact) mass is 323 g/mol. The topological polar surface area (TPSA) is 21.7 Å². The molecular weight excluding hydrogens is 298 g/mol. The molecule has 0 spiro atoms. The Balaban J connectivity index is 1.60. The summed E-state index contributed by atoms with van der Waals surface area (Å²) in [5.74, 6) is 1.71. The van der Waals surface area contributed by atoms with Gasteiger partial charge in [-0.05, 0) is 36.1 Å². The maximum Gasteiger partial charge on any atom is 0.166 e. The van der Waals surface area contributed by atoms with Crippen LogP contribution < -0.4 is 4.74 Å². The van der Waals surface area contributed by atoms with Crippen molar-refractivity contribution in [1.29, 1.82) is 0 Å². The fraction of sp³-hybridized carbons (Fsp3) is 0.524. The summed E-state index contributed by atoms with van der Waals surface area (Å²) in [6.45, 7) is 3.67. The lowest BCUT2D eigenvalue weighted by Gasteiger charge is -2.54. The second kappa shape index (κ2) is 5.75. The maximum atomic E-state index is 6.84. The molecule has 2 aromatic carbocycles. The van der Waals surface area contributed by atoms with E-state index in [0.29, 0.717) is 5.92 Å². The minimum Gasteiger partial charge on any atom is -0.472 e. The Labute approximate surface area is 143 Å². The van der Waals surface area contributed by atoms with Crippen LogP contribution in [0.5, 0.6) is 5.75 Å². The Bertz CT molecular complexity index is 753. The van der Waals surface area contributed by atoms with Crippen LogP contribution in [0.3, 0.4) is 0 Å². The Hall–Kier alpha value is -1.58. The molecule has 0 N–H and O–H groups in total. The van der Waals surface area contributed by atoms with E-state index in [1.54, 1.807) is 0 Å². The van der Waals surface area contributed by atoms with E-state index in [1.165, 1.54) is 35.6 Å². The molecule has 24 heavy (non-hydrogen) atoms. The molecule has 2 aromatic rings. The van der Waals surface area contributed by atoms with Crippen molar-refractivity contribution < 1.29 is 9.47 Å². The van der Waals surface area contributed by atoms with Crippen molar-refractivity contribution in [1.82, 2.24) is 4.90 Å². The van der Waals surface area contributed by atoms with Crippen molar-refractivity contribution in [2.75, 3.05) is 26.3 Å². The summed E-state index contributed by atoms with van der Waals surface area (Å²) in [6, 6.07) is 13.1. The number of nitrogens with zero attached hydrogens (tertiary/aromatic N) is 1. The van der Waals surface area contributed by atoms with Crippen LogP contribution in [0.1, 0.15) is 31.2 Å². The third-order valence-electron chi connectivity index (χ3n) is 6.26. The van der Waals surface area contributed by atoms with Crippen molar-refractivity contribution in [3.8, 4) is 5.75 Å². The molecule has 126 valence electrons. The third-order valence-corrected chi connectivity index (χ3v) is 6.26. The van der Waals surface area contributed by atoms with Gasteiger partial charge in [0.05, 0.1) is 13.2 Å². The first-order chi connectivity index (χ1) is 11.9. The predicted molar refractivity (Wildman–Crippen MR) is 95.4 cm³/mol. The molecule has 0 radical (unpaired) electrons. The molecule has 5 rings (SSSR count). The van der Waals surface area contributed by atoms with Crippen LogP contribution in [0.15, 0.2) is 36.4 Å². The fourth-order valence-corrected chi connectivity index (χ4v) is 5.08. The molecular formula is C21H25NO2. The normalized spacial score (nSPS) is 30.4. The van der Waals surface area contributed by atoms with E-state index < -0.39 is 0 Å². The average Bonchev–Trinajstić information content (AvgIpc) is 2.67. The Morgan fingerprint density at radius 1 is 1.00 bits per heavy atom. The smallest absolute Gasteiger partial charge is 0.166 e. The van der Waals surface area contributed by atoms with Crippen molar-refractivity contribution in [2.45, 2.75) is 37.8 Å². The van der Waals surface area contributed by atoms with Gasteiger partial charge in [0.25, 0.3) is 0 Å². The molecule has 0 aromatic heterocycles. The molecule has 2 aliphatic heterocycles. The van der Waals surface area contributed by atoms with Gasteiger partial charge in [-0.25, -0.2) is 0 Å². The van der Waals surface area contributed by atoms with Gasteiger partial charge in [0, 0.05) is 31.0 Å². The second-order valence-corrected chi connectivity index (χ2v) is 7.46. The summed E-state index contributed by atoms with van der Waals surface area (Å²) in [6.07, 6.45) is 6.19. The maximum absolute atomic E-state index is 6.84. The molecule has 1 saturated carbocycles. The van der Waals surface area contributed by atoms with Crippen molar-refractivity contribution >= 4 is 10.8 Å². The molecule has 2 atom stereocenters. The van der Waals surface area contributed by atoms with Crippen LogP contribution in [-0.4, -0.2) is 36.9 Å². The molecule has 0 amide bonds. The van der Waals surface area contributed by atoms with Gasteiger partial charge < -0.3 is 9.47 Å². The summed E-state index contributed by atoms with van der Waals surface area (Å²) in [7, 11) is 0. The van der Waals surface area contributed by atoms with E-state index in [1.807, 2.05) is 0 Å². The lowest BCUT2D eigenvalue weighted by Crippen LogP contribution is -2.63. The van der Waals surface area contributed by atoms with E-state index in [9.17, 15) is 0 Å². The largest absolute Gasteiger partial charge is 0.472 e. The van der Waals surface area contributed by atoms with Gasteiger partial charge in [-0.1, -0.05) is 36.8 Å². The van der Waals surface area contributed by atoms with E-state index in [0.717, 1.165) is 44.9 Å². The molecule has 0 bridgehead atoms. The van der Waals surface area contributed by atoms with Gasteiger partial charge >= 0.3 is 0 Å². The summed E-state index contributed by atoms with van der Waals surface area (Å²) < 4.78 is 12.4. The van der Waals surface area contributed by atoms with Crippen LogP contribution in [0.25, 0.3) is 10.8 Å². The van der Waals surface area contributed by atoms with Crippen LogP contribution in [0.2, 0.25) is 0 Å². The molecule has 2 unspecified atom stereocenters. The number of morpholine rings is 1. The highest BCUT2D eigenvalue weighted by atomic mass is 16.5. The Morgan fingerprint density at radius 3 is 2.79 bits per heavy atom. The van der Waals surface area contributed by atoms with Crippen LogP contribution >= 0.6 is 0 Å². The van der Waals surface area contributed by atoms with E-state index in [4.69, 9.17) is 9.47 Å². The SMILES string of the molecule is c1ccc2c3c(ccc2c1)OC1(N2CCOCC2)CCCCC1C3. The summed E-state index contributed by atoms with van der Waals surface area (Å²) in [4.78, 5) is 2.58. The minimum absolute atomic E-state index is 0.0997. The first kappa shape index (κ1) is 14.7. The van der Waals surface area contributed by atoms with E-state index >= 15 is 0 Å². The molecule has 2 fully saturated rings. The lowest BCUT2D eigenvalue weighted by molar-refractivity contribution is -0.179. The standard InChI is InChI=1S/C21H25NO2/c1-2-7-18-16(5-1)8-9-20-19(18)15-17-6-3-4-10-21(17,24-20)22-11-13-23-14-12-22/h1-2,5,7-9,17H,3-4,6,10-15H2. The Morgan fingerprint density at radius 2 is 1.88 bits per heavy atom. The van der Waals surface area contributed by atoms with Crippen LogP contribution in [0, 0.1) is 5.92 Å². The quantitative estimate of drug-likeness (QED) is 0.792. The van der Waals surface area contributed by atoms with Gasteiger partial charge in [-0.2, -0.15) is 0 Å². The van der Waals surface area contributed by atoms with E-state index in [-0.39, 0.29) is 5.72 Å². The average molecular weight is 323 g/mol. The van der Waals surface area contributed by atoms with E-state index in [2.05, 4.69) is 41.3 Å². The van der Waals surface area contributed by atoms with Crippen molar-refractivity contribution in [3.05, 3.63) is 42.0 Å². The summed E-state index contributed by atoms with van der Waals surface area (Å²) in [5.41, 5.74) is 1.32. The van der Waals surface area contributed by atoms with Gasteiger partial charge in [-0.3, -0.25) is 4.90 Å². The first-order valence-electron chi connectivity index (χ1n) is 9.39. The van der Waals surface area contributed by atoms with Gasteiger partial charge in [-0.15, -0.1) is 0 Å². The number of benzene rings is 2. The molecule has 1 saturated heterocycles. The highest BCUT2D eigenvalue weighted by molar-refractivity contribution is 5.88. The summed E-state index contributed by atoms with van der Waals surface area (Å²) in [5, 5.41) is 2.70. The van der Waals surface area contributed by atoms with Crippen molar-refractivity contribution in [2.24, 2.45) is 5.92 Å². The Kier molecular flexibility index (Phi) is 3.53. The second-order valence-electron chi connectivity index (χ2n) is 7.46. The highest BCUT2D eigenvalue weighted by Crippen LogP contribution is 2.48. The van der Waals surface area contributed by atoms with Crippen LogP contribution in [0.4, 0.5) is 0 Å². The van der Waals surface area contributed by atoms with Gasteiger partial charge in [0.2, 0.25) is 0 Å². The van der Waals surface area contributed by atoms with Gasteiger partial charge in [0.15, 0.2) is 5.72 Å². The lowest BCUT2D eigenvalue weighted by atomic mass is 9.74. The fourth-order valence-electron chi connectivity index (χ4n) is 5.08. The molecule has 2 heterocycles. The zero-order valence-electron chi connectivity index (χ0n) is 14.2. The van der Waals surface area contributed by atoms with Crippen LogP contribution in [-0.2, 0) is 11.2 Å². The number of hydrogen-bond donors (Lipinski definition) is 0.